The van der Waals surface area contributed by atoms with Crippen LogP contribution in [-0.2, 0) is 27.8 Å². The summed E-state index contributed by atoms with van der Waals surface area (Å²) in [6.45, 7) is 0.332. The number of rotatable bonds is 7. The van der Waals surface area contributed by atoms with Crippen LogP contribution in [0, 0.1) is 0 Å². The molecule has 0 aliphatic rings. The van der Waals surface area contributed by atoms with E-state index in [4.69, 9.17) is 0 Å². The number of H-pyrrole nitrogens is 1. The van der Waals surface area contributed by atoms with E-state index in [9.17, 15) is 13.2 Å². The molecule has 0 spiro atoms. The molecule has 3 N–H and O–H groups in total. The fourth-order valence-corrected chi connectivity index (χ4v) is 3.16. The maximum atomic E-state index is 12.1. The Labute approximate surface area is 151 Å². The standard InChI is InChI=1S/C18H20N4O3S/c1-26(24,25)22-14-6-4-5-13(11-14)12-19-18(23)10-9-17-20-15-7-2-3-8-16(15)21-17/h2-8,11,22H,9-10,12H2,1H3,(H,19,23)(H,20,21). The molecule has 0 bridgehead atoms. The fraction of sp³-hybridized carbons (Fsp3) is 0.222. The number of sulfonamides is 1. The first kappa shape index (κ1) is 17.9. The molecule has 2 aromatic carbocycles. The highest BCUT2D eigenvalue weighted by Gasteiger charge is 2.07. The fourth-order valence-electron chi connectivity index (χ4n) is 2.60. The third-order valence-electron chi connectivity index (χ3n) is 3.75. The minimum absolute atomic E-state index is 0.0908. The topological polar surface area (TPSA) is 104 Å². The van der Waals surface area contributed by atoms with Crippen molar-refractivity contribution >= 4 is 32.7 Å². The molecular formula is C18H20N4O3S. The minimum atomic E-state index is -3.32. The number of nitrogens with one attached hydrogen (secondary N) is 3. The Bertz CT molecular complexity index is 995. The average Bonchev–Trinajstić information content (AvgIpc) is 3.00. The molecule has 26 heavy (non-hydrogen) atoms. The number of fused-ring (bicyclic) bond motifs is 1. The van der Waals surface area contributed by atoms with E-state index >= 15 is 0 Å². The van der Waals surface area contributed by atoms with Crippen LogP contribution in [0.4, 0.5) is 5.69 Å². The van der Waals surface area contributed by atoms with Gasteiger partial charge in [-0.2, -0.15) is 0 Å². The summed E-state index contributed by atoms with van der Waals surface area (Å²) in [7, 11) is -3.32. The highest BCUT2D eigenvalue weighted by Crippen LogP contribution is 2.13. The number of hydrogen-bond donors (Lipinski definition) is 3. The van der Waals surface area contributed by atoms with Crippen LogP contribution >= 0.6 is 0 Å². The van der Waals surface area contributed by atoms with Gasteiger partial charge in [-0.1, -0.05) is 24.3 Å². The SMILES string of the molecule is CS(=O)(=O)Nc1cccc(CNC(=O)CCc2nc3ccccc3[nH]2)c1. The van der Waals surface area contributed by atoms with Gasteiger partial charge in [0.05, 0.1) is 17.3 Å². The highest BCUT2D eigenvalue weighted by molar-refractivity contribution is 7.92. The van der Waals surface area contributed by atoms with Crippen molar-refractivity contribution in [2.45, 2.75) is 19.4 Å². The van der Waals surface area contributed by atoms with Crippen molar-refractivity contribution in [3.63, 3.8) is 0 Å². The summed E-state index contributed by atoms with van der Waals surface area (Å²) in [6, 6.07) is 14.7. The van der Waals surface area contributed by atoms with Crippen LogP contribution in [0.2, 0.25) is 0 Å². The smallest absolute Gasteiger partial charge is 0.229 e. The first-order valence-electron chi connectivity index (χ1n) is 8.16. The number of imidazole rings is 1. The first-order chi connectivity index (χ1) is 12.4. The summed E-state index contributed by atoms with van der Waals surface area (Å²) in [4.78, 5) is 19.7. The molecule has 0 aliphatic carbocycles. The van der Waals surface area contributed by atoms with Gasteiger partial charge in [0.25, 0.3) is 0 Å². The summed E-state index contributed by atoms with van der Waals surface area (Å²) >= 11 is 0. The number of aryl methyl sites for hydroxylation is 1. The van der Waals surface area contributed by atoms with Crippen LogP contribution in [0.15, 0.2) is 48.5 Å². The van der Waals surface area contributed by atoms with Gasteiger partial charge in [-0.05, 0) is 29.8 Å². The van der Waals surface area contributed by atoms with E-state index < -0.39 is 10.0 Å². The summed E-state index contributed by atoms with van der Waals surface area (Å²) in [5, 5.41) is 2.84. The quantitative estimate of drug-likeness (QED) is 0.591. The molecule has 1 heterocycles. The van der Waals surface area contributed by atoms with Gasteiger partial charge in [-0.3, -0.25) is 9.52 Å². The molecule has 7 nitrogen and oxygen atoms in total. The van der Waals surface area contributed by atoms with Crippen molar-refractivity contribution in [2.24, 2.45) is 0 Å². The van der Waals surface area contributed by atoms with E-state index in [-0.39, 0.29) is 5.91 Å². The van der Waals surface area contributed by atoms with Crippen molar-refractivity contribution in [3.8, 4) is 0 Å². The number of carbonyl (C=O) groups excluding carboxylic acids is 1. The third kappa shape index (κ3) is 5.06. The Kier molecular flexibility index (Phi) is 5.22. The lowest BCUT2D eigenvalue weighted by molar-refractivity contribution is -0.121. The Morgan fingerprint density at radius 1 is 1.15 bits per heavy atom. The monoisotopic (exact) mass is 372 g/mol. The average molecular weight is 372 g/mol. The second-order valence-corrected chi connectivity index (χ2v) is 7.80. The maximum absolute atomic E-state index is 12.1. The van der Waals surface area contributed by atoms with Crippen molar-refractivity contribution in [3.05, 3.63) is 59.9 Å². The Hall–Kier alpha value is -2.87. The summed E-state index contributed by atoms with van der Waals surface area (Å²) in [5.74, 6) is 0.688. The number of anilines is 1. The van der Waals surface area contributed by atoms with Crippen LogP contribution in [0.5, 0.6) is 0 Å². The number of benzene rings is 2. The molecule has 1 aromatic heterocycles. The lowest BCUT2D eigenvalue weighted by atomic mass is 10.2. The lowest BCUT2D eigenvalue weighted by Gasteiger charge is -2.08. The lowest BCUT2D eigenvalue weighted by Crippen LogP contribution is -2.23. The van der Waals surface area contributed by atoms with Crippen LogP contribution < -0.4 is 10.0 Å². The summed E-state index contributed by atoms with van der Waals surface area (Å²) < 4.78 is 25.0. The third-order valence-corrected chi connectivity index (χ3v) is 4.35. The van der Waals surface area contributed by atoms with Gasteiger partial charge in [0.1, 0.15) is 5.82 Å². The van der Waals surface area contributed by atoms with E-state index in [2.05, 4.69) is 20.0 Å². The Morgan fingerprint density at radius 3 is 2.73 bits per heavy atom. The van der Waals surface area contributed by atoms with E-state index in [1.54, 1.807) is 18.2 Å². The minimum Gasteiger partial charge on any atom is -0.352 e. The number of amides is 1. The van der Waals surface area contributed by atoms with Gasteiger partial charge in [0.2, 0.25) is 15.9 Å². The van der Waals surface area contributed by atoms with E-state index in [0.717, 1.165) is 28.7 Å². The number of para-hydroxylation sites is 2. The van der Waals surface area contributed by atoms with Gasteiger partial charge < -0.3 is 10.3 Å². The molecule has 0 unspecified atom stereocenters. The number of nitrogens with zero attached hydrogens (tertiary/aromatic N) is 1. The molecule has 3 rings (SSSR count). The normalized spacial score (nSPS) is 11.4. The van der Waals surface area contributed by atoms with E-state index in [0.29, 0.717) is 25.1 Å². The zero-order chi connectivity index (χ0) is 18.6. The Balaban J connectivity index is 1.51. The molecule has 0 aliphatic heterocycles. The molecule has 136 valence electrons. The van der Waals surface area contributed by atoms with Gasteiger partial charge in [0.15, 0.2) is 0 Å². The number of aromatic amines is 1. The van der Waals surface area contributed by atoms with Gasteiger partial charge in [-0.15, -0.1) is 0 Å². The molecule has 0 radical (unpaired) electrons. The second-order valence-electron chi connectivity index (χ2n) is 6.05. The summed E-state index contributed by atoms with van der Waals surface area (Å²) in [5.41, 5.74) is 3.13. The van der Waals surface area contributed by atoms with Gasteiger partial charge in [0, 0.05) is 25.1 Å². The zero-order valence-electron chi connectivity index (χ0n) is 14.3. The van der Waals surface area contributed by atoms with E-state index in [1.807, 2.05) is 30.3 Å². The highest BCUT2D eigenvalue weighted by atomic mass is 32.2. The molecule has 3 aromatic rings. The molecule has 0 fully saturated rings. The second kappa shape index (κ2) is 7.57. The number of carbonyl (C=O) groups is 1. The molecule has 8 heteroatoms. The molecule has 0 atom stereocenters. The number of hydrogen-bond acceptors (Lipinski definition) is 4. The van der Waals surface area contributed by atoms with Crippen molar-refractivity contribution in [2.75, 3.05) is 11.0 Å². The van der Waals surface area contributed by atoms with E-state index in [1.165, 1.54) is 0 Å². The molecule has 0 saturated heterocycles. The van der Waals surface area contributed by atoms with Crippen LogP contribution in [0.25, 0.3) is 11.0 Å². The zero-order valence-corrected chi connectivity index (χ0v) is 15.1. The van der Waals surface area contributed by atoms with Crippen molar-refractivity contribution in [1.82, 2.24) is 15.3 Å². The van der Waals surface area contributed by atoms with Gasteiger partial charge in [-0.25, -0.2) is 13.4 Å². The van der Waals surface area contributed by atoms with Gasteiger partial charge >= 0.3 is 0 Å². The summed E-state index contributed by atoms with van der Waals surface area (Å²) in [6.07, 6.45) is 1.94. The van der Waals surface area contributed by atoms with Crippen molar-refractivity contribution in [1.29, 1.82) is 0 Å². The molecule has 0 saturated carbocycles. The molecular weight excluding hydrogens is 352 g/mol. The van der Waals surface area contributed by atoms with Crippen molar-refractivity contribution < 1.29 is 13.2 Å². The largest absolute Gasteiger partial charge is 0.352 e. The van der Waals surface area contributed by atoms with Crippen LogP contribution in [-0.4, -0.2) is 30.5 Å². The van der Waals surface area contributed by atoms with Crippen LogP contribution in [0.3, 0.4) is 0 Å². The predicted molar refractivity (Wildman–Crippen MR) is 101 cm³/mol. The molecule has 1 amide bonds. The maximum Gasteiger partial charge on any atom is 0.229 e. The number of aromatic nitrogens is 2. The predicted octanol–water partition coefficient (Wildman–Crippen LogP) is 2.18. The van der Waals surface area contributed by atoms with Crippen LogP contribution in [0.1, 0.15) is 17.8 Å². The first-order valence-corrected chi connectivity index (χ1v) is 10.1. The Morgan fingerprint density at radius 2 is 1.96 bits per heavy atom.